The van der Waals surface area contributed by atoms with Crippen molar-refractivity contribution in [3.63, 3.8) is 0 Å². The molecule has 0 radical (unpaired) electrons. The molecule has 2 heterocycles. The van der Waals surface area contributed by atoms with Crippen LogP contribution >= 0.6 is 0 Å². The van der Waals surface area contributed by atoms with Gasteiger partial charge < -0.3 is 65.1 Å². The van der Waals surface area contributed by atoms with Crippen LogP contribution in [0.3, 0.4) is 0 Å². The number of rotatable bonds is 53. The molecule has 0 bridgehead atoms. The van der Waals surface area contributed by atoms with E-state index in [2.05, 4.69) is 31.3 Å². The number of hydrogen-bond acceptors (Lipinski definition) is 13. The third kappa shape index (κ3) is 34.8. The van der Waals surface area contributed by atoms with Crippen molar-refractivity contribution in [2.75, 3.05) is 19.8 Å². The molecule has 14 heteroatoms. The van der Waals surface area contributed by atoms with Crippen molar-refractivity contribution in [1.29, 1.82) is 0 Å². The van der Waals surface area contributed by atoms with Crippen molar-refractivity contribution in [1.82, 2.24) is 5.32 Å². The SMILES string of the molecule is CCCCCCCCCCCCCC/C=C/CC/C=C/C(O)C(COC1OC(CO)C(OC2OC(CO)C(O)C(O)C2O)C(O)C1O)NC(=O)CCCCCCCCCCCCCCCCCCCCCCCCCCCC. The molecule has 0 saturated carbocycles. The maximum atomic E-state index is 13.3. The zero-order chi connectivity index (χ0) is 56.7. The minimum absolute atomic E-state index is 0.243. The van der Waals surface area contributed by atoms with E-state index in [-0.39, 0.29) is 18.9 Å². The van der Waals surface area contributed by atoms with E-state index in [1.807, 2.05) is 6.08 Å². The van der Waals surface area contributed by atoms with Crippen molar-refractivity contribution in [3.05, 3.63) is 24.3 Å². The Balaban J connectivity index is 1.71. The molecular formula is C64H121NO13. The van der Waals surface area contributed by atoms with E-state index in [4.69, 9.17) is 18.9 Å². The predicted molar refractivity (Wildman–Crippen MR) is 314 cm³/mol. The molecule has 0 aromatic rings. The number of carbonyl (C=O) groups excluding carboxylic acids is 1. The highest BCUT2D eigenvalue weighted by atomic mass is 16.7. The van der Waals surface area contributed by atoms with Gasteiger partial charge in [-0.25, -0.2) is 0 Å². The molecule has 2 rings (SSSR count). The Morgan fingerprint density at radius 2 is 0.821 bits per heavy atom. The molecule has 460 valence electrons. The molecule has 0 aromatic heterocycles. The van der Waals surface area contributed by atoms with E-state index < -0.39 is 86.8 Å². The van der Waals surface area contributed by atoms with Gasteiger partial charge in [-0.1, -0.05) is 269 Å². The molecular weight excluding hydrogens is 991 g/mol. The van der Waals surface area contributed by atoms with Gasteiger partial charge in [-0.3, -0.25) is 4.79 Å². The van der Waals surface area contributed by atoms with Crippen molar-refractivity contribution in [2.45, 2.75) is 357 Å². The second-order valence-electron chi connectivity index (χ2n) is 23.2. The van der Waals surface area contributed by atoms with Gasteiger partial charge in [-0.15, -0.1) is 0 Å². The summed E-state index contributed by atoms with van der Waals surface area (Å²) in [5.41, 5.74) is 0. The highest BCUT2D eigenvalue weighted by Gasteiger charge is 2.51. The Morgan fingerprint density at radius 1 is 0.449 bits per heavy atom. The molecule has 2 fully saturated rings. The fourth-order valence-corrected chi connectivity index (χ4v) is 10.9. The number of aliphatic hydroxyl groups excluding tert-OH is 8. The van der Waals surface area contributed by atoms with E-state index >= 15 is 0 Å². The number of carbonyl (C=O) groups is 1. The van der Waals surface area contributed by atoms with Crippen molar-refractivity contribution in [2.24, 2.45) is 0 Å². The number of ether oxygens (including phenoxy) is 4. The second kappa shape index (κ2) is 50.0. The van der Waals surface area contributed by atoms with Crippen molar-refractivity contribution < 1.29 is 64.6 Å². The van der Waals surface area contributed by atoms with Gasteiger partial charge in [-0.2, -0.15) is 0 Å². The first kappa shape index (κ1) is 72.6. The number of amides is 1. The number of nitrogens with one attached hydrogen (secondary N) is 1. The van der Waals surface area contributed by atoms with Gasteiger partial charge in [0.25, 0.3) is 0 Å². The first-order chi connectivity index (χ1) is 38.1. The van der Waals surface area contributed by atoms with Crippen LogP contribution in [0, 0.1) is 0 Å². The van der Waals surface area contributed by atoms with E-state index in [1.165, 1.54) is 218 Å². The first-order valence-electron chi connectivity index (χ1n) is 32.6. The van der Waals surface area contributed by atoms with Gasteiger partial charge in [-0.05, 0) is 32.1 Å². The molecule has 1 amide bonds. The van der Waals surface area contributed by atoms with Gasteiger partial charge in [0.15, 0.2) is 12.6 Å². The van der Waals surface area contributed by atoms with Gasteiger partial charge >= 0.3 is 0 Å². The number of unbranched alkanes of at least 4 members (excludes halogenated alkanes) is 38. The highest BCUT2D eigenvalue weighted by molar-refractivity contribution is 5.76. The topological polar surface area (TPSA) is 228 Å². The minimum Gasteiger partial charge on any atom is -0.394 e. The summed E-state index contributed by atoms with van der Waals surface area (Å²) in [7, 11) is 0. The van der Waals surface area contributed by atoms with Gasteiger partial charge in [0.1, 0.15) is 48.8 Å². The average molecular weight is 1110 g/mol. The molecule has 12 unspecified atom stereocenters. The average Bonchev–Trinajstić information content (AvgIpc) is 3.48. The largest absolute Gasteiger partial charge is 0.394 e. The minimum atomic E-state index is -1.79. The summed E-state index contributed by atoms with van der Waals surface area (Å²) < 4.78 is 22.8. The molecule has 0 aromatic carbocycles. The summed E-state index contributed by atoms with van der Waals surface area (Å²) >= 11 is 0. The Hall–Kier alpha value is -1.53. The summed E-state index contributed by atoms with van der Waals surface area (Å²) in [5, 5.41) is 87.2. The van der Waals surface area contributed by atoms with Crippen LogP contribution in [0.15, 0.2) is 24.3 Å². The normalized spacial score (nSPS) is 24.6. The summed E-state index contributed by atoms with van der Waals surface area (Å²) in [6.07, 6.45) is 43.7. The van der Waals surface area contributed by atoms with E-state index in [0.717, 1.165) is 32.1 Å². The molecule has 0 aliphatic carbocycles. The molecule has 2 aliphatic rings. The van der Waals surface area contributed by atoms with E-state index in [0.29, 0.717) is 12.8 Å². The fraction of sp³-hybridized carbons (Fsp3) is 0.922. The zero-order valence-corrected chi connectivity index (χ0v) is 49.7. The highest BCUT2D eigenvalue weighted by Crippen LogP contribution is 2.30. The lowest BCUT2D eigenvalue weighted by molar-refractivity contribution is -0.359. The summed E-state index contributed by atoms with van der Waals surface area (Å²) in [6.45, 7) is 2.82. The molecule has 2 aliphatic heterocycles. The molecule has 9 N–H and O–H groups in total. The lowest BCUT2D eigenvalue weighted by Crippen LogP contribution is -2.65. The third-order valence-electron chi connectivity index (χ3n) is 16.1. The second-order valence-corrected chi connectivity index (χ2v) is 23.2. The lowest BCUT2D eigenvalue weighted by atomic mass is 9.97. The van der Waals surface area contributed by atoms with Crippen LogP contribution in [0.4, 0.5) is 0 Å². The Morgan fingerprint density at radius 3 is 1.26 bits per heavy atom. The molecule has 0 spiro atoms. The Kier molecular flexibility index (Phi) is 46.5. The lowest BCUT2D eigenvalue weighted by Gasteiger charge is -2.46. The Bertz CT molecular complexity index is 1400. The van der Waals surface area contributed by atoms with Crippen LogP contribution in [0.25, 0.3) is 0 Å². The van der Waals surface area contributed by atoms with Gasteiger partial charge in [0.05, 0.1) is 32.0 Å². The number of aliphatic hydroxyl groups is 8. The summed E-state index contributed by atoms with van der Waals surface area (Å²) in [5.74, 6) is -0.243. The van der Waals surface area contributed by atoms with E-state index in [1.54, 1.807) is 6.08 Å². The van der Waals surface area contributed by atoms with Crippen LogP contribution < -0.4 is 5.32 Å². The Labute approximate surface area is 475 Å². The van der Waals surface area contributed by atoms with Crippen LogP contribution in [0.1, 0.15) is 284 Å². The van der Waals surface area contributed by atoms with Crippen LogP contribution in [0.2, 0.25) is 0 Å². The smallest absolute Gasteiger partial charge is 0.220 e. The number of allylic oxidation sites excluding steroid dienone is 3. The maximum absolute atomic E-state index is 13.3. The van der Waals surface area contributed by atoms with Crippen LogP contribution in [-0.2, 0) is 23.7 Å². The summed E-state index contributed by atoms with van der Waals surface area (Å²) in [4.78, 5) is 13.3. The first-order valence-corrected chi connectivity index (χ1v) is 32.6. The third-order valence-corrected chi connectivity index (χ3v) is 16.1. The molecule has 12 atom stereocenters. The monoisotopic (exact) mass is 1110 g/mol. The van der Waals surface area contributed by atoms with E-state index in [9.17, 15) is 45.6 Å². The maximum Gasteiger partial charge on any atom is 0.220 e. The summed E-state index contributed by atoms with van der Waals surface area (Å²) in [6, 6.07) is -0.928. The van der Waals surface area contributed by atoms with Crippen molar-refractivity contribution in [3.8, 4) is 0 Å². The van der Waals surface area contributed by atoms with Crippen LogP contribution in [0.5, 0.6) is 0 Å². The van der Waals surface area contributed by atoms with Gasteiger partial charge in [0, 0.05) is 6.42 Å². The van der Waals surface area contributed by atoms with Gasteiger partial charge in [0.2, 0.25) is 5.91 Å². The molecule has 14 nitrogen and oxygen atoms in total. The molecule has 2 saturated heterocycles. The number of hydrogen-bond donors (Lipinski definition) is 9. The standard InChI is InChI=1S/C64H121NO13/c1-3-5-7-9-11-13-15-17-19-21-23-24-25-26-27-28-29-30-32-34-36-38-40-42-44-46-48-56(69)65-52(53(68)47-45-43-41-39-37-35-33-31-22-20-18-16-14-12-10-8-6-4-2)51-75-63-61(74)59(72)62(55(50-67)77-63)78-64-60(73)58(71)57(70)54(49-66)76-64/h37,39,45,47,52-55,57-64,66-68,70-74H,3-36,38,40-44,46,48-51H2,1-2H3,(H,65,69)/b39-37+,47-45+. The fourth-order valence-electron chi connectivity index (χ4n) is 10.9. The quantitative estimate of drug-likeness (QED) is 0.0204. The van der Waals surface area contributed by atoms with Crippen LogP contribution in [-0.4, -0.2) is 140 Å². The molecule has 78 heavy (non-hydrogen) atoms. The van der Waals surface area contributed by atoms with Crippen molar-refractivity contribution >= 4 is 5.91 Å². The predicted octanol–water partition coefficient (Wildman–Crippen LogP) is 12.0. The zero-order valence-electron chi connectivity index (χ0n) is 49.7.